The van der Waals surface area contributed by atoms with E-state index in [2.05, 4.69) is 5.32 Å². The van der Waals surface area contributed by atoms with E-state index in [-0.39, 0.29) is 11.3 Å². The van der Waals surface area contributed by atoms with E-state index in [4.69, 9.17) is 16.3 Å². The first-order valence-electron chi connectivity index (χ1n) is 9.36. The molecule has 0 radical (unpaired) electrons. The molecule has 3 aromatic carbocycles. The van der Waals surface area contributed by atoms with Gasteiger partial charge in [0.05, 0.1) is 23.4 Å². The molecule has 0 saturated heterocycles. The van der Waals surface area contributed by atoms with E-state index in [9.17, 15) is 9.59 Å². The molecule has 1 N–H and O–H groups in total. The summed E-state index contributed by atoms with van der Waals surface area (Å²) in [4.78, 5) is 28.1. The number of carbonyl (C=O) groups excluding carboxylic acids is 2. The lowest BCUT2D eigenvalue weighted by Gasteiger charge is -2.17. The average molecular weight is 419 g/mol. The molecule has 0 unspecified atom stereocenters. The Kier molecular flexibility index (Phi) is 5.29. The number of hydrogen-bond donors (Lipinski definition) is 1. The van der Waals surface area contributed by atoms with Crippen LogP contribution in [-0.4, -0.2) is 18.9 Å². The SMILES string of the molecule is COc1ccccc1C1=C(Nc2ccccc2C)C(=O)N(c2ccccc2Cl)C1=O. The van der Waals surface area contributed by atoms with Crippen molar-refractivity contribution in [1.82, 2.24) is 0 Å². The van der Waals surface area contributed by atoms with Gasteiger partial charge in [0.25, 0.3) is 11.8 Å². The number of benzene rings is 3. The van der Waals surface area contributed by atoms with Gasteiger partial charge in [0.2, 0.25) is 0 Å². The highest BCUT2D eigenvalue weighted by Gasteiger charge is 2.42. The minimum absolute atomic E-state index is 0.179. The summed E-state index contributed by atoms with van der Waals surface area (Å²) in [6.07, 6.45) is 0. The number of para-hydroxylation sites is 3. The molecule has 0 atom stereocenters. The van der Waals surface area contributed by atoms with Crippen LogP contribution in [0.4, 0.5) is 11.4 Å². The second-order valence-corrected chi connectivity index (χ2v) is 7.19. The molecule has 150 valence electrons. The highest BCUT2D eigenvalue weighted by atomic mass is 35.5. The van der Waals surface area contributed by atoms with E-state index in [1.807, 2.05) is 37.3 Å². The van der Waals surface area contributed by atoms with Gasteiger partial charge in [-0.05, 0) is 36.8 Å². The van der Waals surface area contributed by atoms with Crippen LogP contribution in [0.3, 0.4) is 0 Å². The molecule has 0 aromatic heterocycles. The summed E-state index contributed by atoms with van der Waals surface area (Å²) in [5.41, 5.74) is 2.97. The first-order chi connectivity index (χ1) is 14.5. The summed E-state index contributed by atoms with van der Waals surface area (Å²) in [6, 6.07) is 21.5. The van der Waals surface area contributed by atoms with E-state index >= 15 is 0 Å². The van der Waals surface area contributed by atoms with E-state index in [0.717, 1.165) is 16.2 Å². The molecular weight excluding hydrogens is 400 g/mol. The first-order valence-corrected chi connectivity index (χ1v) is 9.74. The minimum atomic E-state index is -0.475. The maximum atomic E-state index is 13.5. The smallest absolute Gasteiger partial charge is 0.282 e. The molecule has 0 fully saturated rings. The Morgan fingerprint density at radius 1 is 0.867 bits per heavy atom. The fraction of sp³-hybridized carbons (Fsp3) is 0.0833. The number of methoxy groups -OCH3 is 1. The highest BCUT2D eigenvalue weighted by molar-refractivity contribution is 6.48. The van der Waals surface area contributed by atoms with E-state index in [1.54, 1.807) is 42.5 Å². The predicted molar refractivity (Wildman–Crippen MR) is 119 cm³/mol. The molecule has 1 heterocycles. The summed E-state index contributed by atoms with van der Waals surface area (Å²) in [7, 11) is 1.53. The second kappa shape index (κ2) is 8.05. The van der Waals surface area contributed by atoms with Crippen LogP contribution in [0.2, 0.25) is 5.02 Å². The van der Waals surface area contributed by atoms with Crippen molar-refractivity contribution in [2.24, 2.45) is 0 Å². The zero-order valence-corrected chi connectivity index (χ0v) is 17.2. The van der Waals surface area contributed by atoms with E-state index in [1.165, 1.54) is 7.11 Å². The molecule has 4 rings (SSSR count). The first kappa shape index (κ1) is 19.7. The Morgan fingerprint density at radius 2 is 1.53 bits per heavy atom. The number of nitrogens with zero attached hydrogens (tertiary/aromatic N) is 1. The quantitative estimate of drug-likeness (QED) is 0.589. The van der Waals surface area contributed by atoms with Crippen LogP contribution in [0, 0.1) is 6.92 Å². The van der Waals surface area contributed by atoms with Crippen molar-refractivity contribution < 1.29 is 14.3 Å². The third kappa shape index (κ3) is 3.33. The van der Waals surface area contributed by atoms with Crippen LogP contribution in [0.25, 0.3) is 5.57 Å². The van der Waals surface area contributed by atoms with Gasteiger partial charge in [-0.2, -0.15) is 0 Å². The standard InChI is InChI=1S/C24H19ClN2O3/c1-15-9-3-6-12-18(15)26-22-21(16-10-4-8-14-20(16)30-2)23(28)27(24(22)29)19-13-7-5-11-17(19)25/h3-14,26H,1-2H3. The third-order valence-corrected chi connectivity index (χ3v) is 5.28. The number of anilines is 2. The van der Waals surface area contributed by atoms with Crippen molar-refractivity contribution in [2.45, 2.75) is 6.92 Å². The lowest BCUT2D eigenvalue weighted by molar-refractivity contribution is -0.120. The van der Waals surface area contributed by atoms with Crippen molar-refractivity contribution in [3.63, 3.8) is 0 Å². The molecule has 0 aliphatic carbocycles. The molecule has 0 bridgehead atoms. The van der Waals surface area contributed by atoms with Crippen molar-refractivity contribution in [2.75, 3.05) is 17.3 Å². The van der Waals surface area contributed by atoms with Crippen molar-refractivity contribution in [1.29, 1.82) is 0 Å². The van der Waals surface area contributed by atoms with Gasteiger partial charge in [-0.15, -0.1) is 0 Å². The number of ether oxygens (including phenoxy) is 1. The van der Waals surface area contributed by atoms with Crippen molar-refractivity contribution in [3.8, 4) is 5.75 Å². The lowest BCUT2D eigenvalue weighted by atomic mass is 10.0. The Bertz CT molecular complexity index is 1190. The maximum Gasteiger partial charge on any atom is 0.282 e. The minimum Gasteiger partial charge on any atom is -0.496 e. The molecule has 1 aliphatic rings. The van der Waals surface area contributed by atoms with Gasteiger partial charge in [-0.1, -0.05) is 60.1 Å². The molecular formula is C24H19ClN2O3. The van der Waals surface area contributed by atoms with Gasteiger partial charge in [-0.25, -0.2) is 4.90 Å². The van der Waals surface area contributed by atoms with Crippen molar-refractivity contribution >= 4 is 40.4 Å². The van der Waals surface area contributed by atoms with Gasteiger partial charge in [-0.3, -0.25) is 9.59 Å². The van der Waals surface area contributed by atoms with Gasteiger partial charge in [0.1, 0.15) is 11.4 Å². The molecule has 2 amide bonds. The summed E-state index contributed by atoms with van der Waals surface area (Å²) >= 11 is 6.31. The summed E-state index contributed by atoms with van der Waals surface area (Å²) in [5.74, 6) is -0.440. The number of amides is 2. The number of imide groups is 1. The number of rotatable bonds is 5. The third-order valence-electron chi connectivity index (χ3n) is 4.96. The summed E-state index contributed by atoms with van der Waals surface area (Å²) in [6.45, 7) is 1.93. The maximum absolute atomic E-state index is 13.5. The zero-order valence-electron chi connectivity index (χ0n) is 16.5. The van der Waals surface area contributed by atoms with Gasteiger partial charge in [0.15, 0.2) is 0 Å². The molecule has 0 saturated carbocycles. The zero-order chi connectivity index (χ0) is 21.3. The topological polar surface area (TPSA) is 58.6 Å². The molecule has 3 aromatic rings. The Morgan fingerprint density at radius 3 is 2.27 bits per heavy atom. The van der Waals surface area contributed by atoms with Crippen molar-refractivity contribution in [3.05, 3.63) is 94.6 Å². The van der Waals surface area contributed by atoms with Gasteiger partial charge >= 0.3 is 0 Å². The van der Waals surface area contributed by atoms with E-state index < -0.39 is 11.8 Å². The van der Waals surface area contributed by atoms with E-state index in [0.29, 0.717) is 22.0 Å². The predicted octanol–water partition coefficient (Wildman–Crippen LogP) is 5.05. The fourth-order valence-corrected chi connectivity index (χ4v) is 3.67. The average Bonchev–Trinajstić information content (AvgIpc) is 2.99. The normalized spacial score (nSPS) is 13.8. The number of carbonyl (C=O) groups is 2. The molecule has 6 heteroatoms. The highest BCUT2D eigenvalue weighted by Crippen LogP contribution is 2.39. The Hall–Kier alpha value is -3.57. The molecule has 5 nitrogen and oxygen atoms in total. The summed E-state index contributed by atoms with van der Waals surface area (Å²) in [5, 5.41) is 3.49. The summed E-state index contributed by atoms with van der Waals surface area (Å²) < 4.78 is 5.46. The molecule has 30 heavy (non-hydrogen) atoms. The van der Waals surface area contributed by atoms with Crippen LogP contribution in [0.5, 0.6) is 5.75 Å². The van der Waals surface area contributed by atoms with Gasteiger partial charge < -0.3 is 10.1 Å². The number of halogens is 1. The number of hydrogen-bond acceptors (Lipinski definition) is 4. The van der Waals surface area contributed by atoms with Crippen LogP contribution in [0.15, 0.2) is 78.5 Å². The second-order valence-electron chi connectivity index (χ2n) is 6.79. The number of nitrogens with one attached hydrogen (secondary N) is 1. The Balaban J connectivity index is 1.90. The molecule has 0 spiro atoms. The Labute approximate surface area is 179 Å². The monoisotopic (exact) mass is 418 g/mol. The van der Waals surface area contributed by atoms with Crippen LogP contribution in [0.1, 0.15) is 11.1 Å². The van der Waals surface area contributed by atoms with Crippen LogP contribution in [-0.2, 0) is 9.59 Å². The van der Waals surface area contributed by atoms with Crippen LogP contribution >= 0.6 is 11.6 Å². The fourth-order valence-electron chi connectivity index (χ4n) is 3.45. The van der Waals surface area contributed by atoms with Gasteiger partial charge in [0, 0.05) is 11.3 Å². The largest absolute Gasteiger partial charge is 0.496 e. The molecule has 1 aliphatic heterocycles. The number of aryl methyl sites for hydroxylation is 1. The lowest BCUT2D eigenvalue weighted by Crippen LogP contribution is -2.32. The van der Waals surface area contributed by atoms with Crippen LogP contribution < -0.4 is 15.0 Å².